The van der Waals surface area contributed by atoms with E-state index in [1.165, 1.54) is 19.1 Å². The molecule has 0 aliphatic rings. The first kappa shape index (κ1) is 14.3. The highest BCUT2D eigenvalue weighted by molar-refractivity contribution is 4.93. The highest BCUT2D eigenvalue weighted by Crippen LogP contribution is 1.79. The zero-order valence-electron chi connectivity index (χ0n) is 9.00. The monoisotopic (exact) mass is 181 g/mol. The molecule has 74 valence electrons. The van der Waals surface area contributed by atoms with Crippen molar-refractivity contribution >= 4 is 0 Å². The molecule has 0 saturated carbocycles. The second-order valence-electron chi connectivity index (χ2n) is 1.85. The van der Waals surface area contributed by atoms with Gasteiger partial charge < -0.3 is 4.42 Å². The summed E-state index contributed by atoms with van der Waals surface area (Å²) >= 11 is 0. The van der Waals surface area contributed by atoms with Crippen LogP contribution in [0, 0.1) is 11.8 Å². The van der Waals surface area contributed by atoms with E-state index in [1.807, 2.05) is 20.8 Å². The van der Waals surface area contributed by atoms with E-state index in [-0.39, 0.29) is 0 Å². The smallest absolute Gasteiger partial charge is 0.180 e. The van der Waals surface area contributed by atoms with Crippen molar-refractivity contribution in [2.45, 2.75) is 40.5 Å². The molecule has 0 amide bonds. The molecule has 0 saturated heterocycles. The van der Waals surface area contributed by atoms with Crippen molar-refractivity contribution in [2.75, 3.05) is 0 Å². The van der Waals surface area contributed by atoms with Crippen molar-refractivity contribution in [3.63, 3.8) is 0 Å². The van der Waals surface area contributed by atoms with Gasteiger partial charge in [0.15, 0.2) is 6.39 Å². The minimum absolute atomic E-state index is 1.05. The molecular weight excluding hydrogens is 162 g/mol. The van der Waals surface area contributed by atoms with Gasteiger partial charge in [0.1, 0.15) is 6.26 Å². The maximum Gasteiger partial charge on any atom is 0.180 e. The summed E-state index contributed by atoms with van der Waals surface area (Å²) in [5.74, 6) is 5.77. The fourth-order valence-corrected chi connectivity index (χ4v) is 0.426. The topological polar surface area (TPSA) is 26.0 Å². The van der Waals surface area contributed by atoms with Crippen LogP contribution < -0.4 is 0 Å². The molecule has 2 nitrogen and oxygen atoms in total. The van der Waals surface area contributed by atoms with Gasteiger partial charge in [-0.05, 0) is 13.3 Å². The van der Waals surface area contributed by atoms with Gasteiger partial charge >= 0.3 is 0 Å². The summed E-state index contributed by atoms with van der Waals surface area (Å²) in [6.07, 6.45) is 6.71. The van der Waals surface area contributed by atoms with Gasteiger partial charge in [-0.25, -0.2) is 4.98 Å². The van der Waals surface area contributed by atoms with E-state index >= 15 is 0 Å². The predicted octanol–water partition coefficient (Wildman–Crippen LogP) is 3.51. The fourth-order valence-electron chi connectivity index (χ4n) is 0.426. The van der Waals surface area contributed by atoms with Crippen LogP contribution in [-0.2, 0) is 0 Å². The summed E-state index contributed by atoms with van der Waals surface area (Å²) < 4.78 is 4.47. The molecule has 1 rings (SSSR count). The Bertz CT molecular complexity index is 176. The number of rotatable bonds is 1. The van der Waals surface area contributed by atoms with Crippen molar-refractivity contribution in [3.05, 3.63) is 18.9 Å². The average molecular weight is 181 g/mol. The molecule has 1 aromatic heterocycles. The lowest BCUT2D eigenvalue weighted by Crippen LogP contribution is -1.56. The summed E-state index contributed by atoms with van der Waals surface area (Å²) in [7, 11) is 0. The van der Waals surface area contributed by atoms with Gasteiger partial charge in [0.25, 0.3) is 0 Å². The largest absolute Gasteiger partial charge is 0.452 e. The first-order chi connectivity index (χ1) is 6.41. The summed E-state index contributed by atoms with van der Waals surface area (Å²) in [6, 6.07) is 0. The minimum atomic E-state index is 1.05. The standard InChI is InChI=1S/C6H10.C3H3NO.C2H6/c1-3-5-6-4-2;1-2-5-3-4-1;1-2/h3,5H2,1-2H3;1-3H;1-2H3. The highest BCUT2D eigenvalue weighted by Gasteiger charge is 1.63. The number of hydrogen-bond acceptors (Lipinski definition) is 2. The summed E-state index contributed by atoms with van der Waals surface area (Å²) in [5.41, 5.74) is 0. The molecule has 13 heavy (non-hydrogen) atoms. The second kappa shape index (κ2) is 17.0. The van der Waals surface area contributed by atoms with Gasteiger partial charge in [-0.3, -0.25) is 0 Å². The lowest BCUT2D eigenvalue weighted by Gasteiger charge is -1.71. The van der Waals surface area contributed by atoms with Crippen LogP contribution in [0.1, 0.15) is 40.5 Å². The molecule has 0 bridgehead atoms. The zero-order chi connectivity index (χ0) is 10.4. The molecule has 0 N–H and O–H groups in total. The Kier molecular flexibility index (Phi) is 18.7. The third kappa shape index (κ3) is 18.1. The molecule has 0 fully saturated rings. The second-order valence-corrected chi connectivity index (χ2v) is 1.85. The summed E-state index contributed by atoms with van der Waals surface area (Å²) in [6.45, 7) is 8.00. The first-order valence-electron chi connectivity index (χ1n) is 4.63. The van der Waals surface area contributed by atoms with E-state index in [9.17, 15) is 0 Å². The lowest BCUT2D eigenvalue weighted by molar-refractivity contribution is 0.558. The molecule has 0 spiro atoms. The van der Waals surface area contributed by atoms with Crippen LogP contribution in [0.4, 0.5) is 0 Å². The van der Waals surface area contributed by atoms with Gasteiger partial charge in [0.2, 0.25) is 0 Å². The van der Waals surface area contributed by atoms with Crippen LogP contribution >= 0.6 is 0 Å². The number of hydrogen-bond donors (Lipinski definition) is 0. The fraction of sp³-hybridized carbons (Fsp3) is 0.545. The van der Waals surface area contributed by atoms with Crippen LogP contribution in [0.25, 0.3) is 0 Å². The maximum absolute atomic E-state index is 4.47. The molecule has 0 aromatic carbocycles. The minimum Gasteiger partial charge on any atom is -0.452 e. The molecule has 0 atom stereocenters. The lowest BCUT2D eigenvalue weighted by atomic mass is 10.3. The molecule has 1 heterocycles. The Hall–Kier alpha value is -1.23. The Balaban J connectivity index is 0. The predicted molar refractivity (Wildman–Crippen MR) is 56.2 cm³/mol. The third-order valence-electron chi connectivity index (χ3n) is 0.899. The number of aromatic nitrogens is 1. The Morgan fingerprint density at radius 2 is 2.08 bits per heavy atom. The number of oxazole rings is 1. The number of nitrogens with zero attached hydrogens (tertiary/aromatic N) is 1. The first-order valence-corrected chi connectivity index (χ1v) is 4.63. The van der Waals surface area contributed by atoms with Crippen LogP contribution in [0.5, 0.6) is 0 Å². The Morgan fingerprint density at radius 1 is 1.38 bits per heavy atom. The van der Waals surface area contributed by atoms with Crippen LogP contribution in [0.15, 0.2) is 23.3 Å². The van der Waals surface area contributed by atoms with E-state index in [1.54, 1.807) is 6.20 Å². The Labute approximate surface area is 81.4 Å². The molecule has 0 aliphatic carbocycles. The van der Waals surface area contributed by atoms with Crippen molar-refractivity contribution in [2.24, 2.45) is 0 Å². The zero-order valence-corrected chi connectivity index (χ0v) is 9.00. The SMILES string of the molecule is CC.CC#CCCC.c1cocn1. The average Bonchev–Trinajstić information content (AvgIpc) is 2.76. The Morgan fingerprint density at radius 3 is 2.23 bits per heavy atom. The van der Waals surface area contributed by atoms with Crippen molar-refractivity contribution in [1.82, 2.24) is 4.98 Å². The van der Waals surface area contributed by atoms with Gasteiger partial charge in [0, 0.05) is 6.42 Å². The van der Waals surface area contributed by atoms with Crippen LogP contribution in [-0.4, -0.2) is 4.98 Å². The van der Waals surface area contributed by atoms with Crippen molar-refractivity contribution in [3.8, 4) is 11.8 Å². The highest BCUT2D eigenvalue weighted by atomic mass is 16.3. The van der Waals surface area contributed by atoms with Gasteiger partial charge in [-0.15, -0.1) is 11.8 Å². The van der Waals surface area contributed by atoms with E-state index in [0.29, 0.717) is 0 Å². The quantitative estimate of drug-likeness (QED) is 0.620. The molecule has 2 heteroatoms. The number of unbranched alkanes of at least 4 members (excludes halogenated alkanes) is 1. The molecule has 0 radical (unpaired) electrons. The molecular formula is C11H19NO. The van der Waals surface area contributed by atoms with Crippen molar-refractivity contribution < 1.29 is 4.42 Å². The summed E-state index contributed by atoms with van der Waals surface area (Å²) in [4.78, 5) is 3.56. The third-order valence-corrected chi connectivity index (χ3v) is 0.899. The summed E-state index contributed by atoms with van der Waals surface area (Å²) in [5, 5.41) is 0. The maximum atomic E-state index is 4.47. The normalized spacial score (nSPS) is 6.46. The van der Waals surface area contributed by atoms with Gasteiger partial charge in [0.05, 0.1) is 6.20 Å². The van der Waals surface area contributed by atoms with Gasteiger partial charge in [-0.2, -0.15) is 0 Å². The van der Waals surface area contributed by atoms with Gasteiger partial charge in [-0.1, -0.05) is 20.8 Å². The van der Waals surface area contributed by atoms with E-state index in [0.717, 1.165) is 6.42 Å². The van der Waals surface area contributed by atoms with E-state index < -0.39 is 0 Å². The molecule has 1 aromatic rings. The van der Waals surface area contributed by atoms with Crippen LogP contribution in [0.2, 0.25) is 0 Å². The molecule has 0 unspecified atom stereocenters. The van der Waals surface area contributed by atoms with E-state index in [4.69, 9.17) is 0 Å². The van der Waals surface area contributed by atoms with Crippen LogP contribution in [0.3, 0.4) is 0 Å². The van der Waals surface area contributed by atoms with Crippen molar-refractivity contribution in [1.29, 1.82) is 0 Å². The molecule has 0 aliphatic heterocycles. The van der Waals surface area contributed by atoms with E-state index in [2.05, 4.69) is 28.2 Å².